The highest BCUT2D eigenvalue weighted by atomic mass is 31.2. The van der Waals surface area contributed by atoms with Crippen LogP contribution in [0.4, 0.5) is 0 Å². The van der Waals surface area contributed by atoms with Crippen LogP contribution >= 0.6 is 7.82 Å². The zero-order valence-corrected chi connectivity index (χ0v) is 35.2. The third kappa shape index (κ3) is 37.2. The second-order valence-electron chi connectivity index (χ2n) is 14.8. The Morgan fingerprint density at radius 1 is 0.556 bits per heavy atom. The Morgan fingerprint density at radius 3 is 1.35 bits per heavy atom. The molecule has 0 heterocycles. The van der Waals surface area contributed by atoms with Crippen LogP contribution in [0.15, 0.2) is 12.2 Å². The van der Waals surface area contributed by atoms with Gasteiger partial charge in [0.25, 0.3) is 0 Å². The Hall–Kier alpha value is -1.78. The summed E-state index contributed by atoms with van der Waals surface area (Å²) in [6.45, 7) is 2.80. The lowest BCUT2D eigenvalue weighted by atomic mass is 10.0. The van der Waals surface area contributed by atoms with Gasteiger partial charge in [-0.3, -0.25) is 23.4 Å². The van der Waals surface area contributed by atoms with Crippen molar-refractivity contribution >= 4 is 25.7 Å². The van der Waals surface area contributed by atoms with Crippen molar-refractivity contribution in [1.82, 2.24) is 0 Å². The first-order valence-corrected chi connectivity index (χ1v) is 23.2. The van der Waals surface area contributed by atoms with Gasteiger partial charge in [0.15, 0.2) is 6.10 Å². The maximum Gasteiger partial charge on any atom is 0.472 e. The molecule has 0 aliphatic heterocycles. The molecule has 0 saturated heterocycles. The minimum atomic E-state index is -4.71. The Kier molecular flexibility index (Phi) is 36.9. The van der Waals surface area contributed by atoms with E-state index in [-0.39, 0.29) is 19.4 Å². The highest BCUT2D eigenvalue weighted by Gasteiger charge is 2.28. The van der Waals surface area contributed by atoms with E-state index in [0.29, 0.717) is 12.8 Å². The van der Waals surface area contributed by atoms with Crippen LogP contribution in [-0.4, -0.2) is 59.9 Å². The second kappa shape index (κ2) is 38.1. The molecule has 0 aromatic rings. The van der Waals surface area contributed by atoms with E-state index in [1.54, 1.807) is 0 Å². The number of allylic oxidation sites excluding steroid dienone is 2. The van der Waals surface area contributed by atoms with Gasteiger partial charge < -0.3 is 25.2 Å². The van der Waals surface area contributed by atoms with Crippen LogP contribution in [0.1, 0.15) is 206 Å². The number of ether oxygens (including phenoxy) is 2. The number of aliphatic carboxylic acids is 1. The molecule has 11 nitrogen and oxygen atoms in total. The zero-order valence-electron chi connectivity index (χ0n) is 34.3. The van der Waals surface area contributed by atoms with Gasteiger partial charge in [-0.2, -0.15) is 0 Å². The summed E-state index contributed by atoms with van der Waals surface area (Å²) in [7, 11) is -4.71. The standard InChI is InChI=1S/C42H80NO10P/c1-3-5-7-9-11-13-15-17-19-20-22-24-26-28-30-32-34-41(45)53-38(36-51-54(48,49)52-37-39(43)42(46)47)35-50-40(44)33-31-29-27-25-23-21-18-16-14-12-10-8-6-4-2/h16,18,38-39H,3-15,17,19-37,43H2,1-2H3,(H,46,47)(H,48,49)/b18-16+/t38-,39+/m1/s1. The average molecular weight is 790 g/mol. The lowest BCUT2D eigenvalue weighted by Crippen LogP contribution is -2.34. The Balaban J connectivity index is 4.35. The largest absolute Gasteiger partial charge is 0.480 e. The fourth-order valence-electron chi connectivity index (χ4n) is 6.06. The number of carboxylic acids is 1. The molecule has 0 rings (SSSR count). The third-order valence-electron chi connectivity index (χ3n) is 9.51. The molecule has 0 aliphatic carbocycles. The number of nitrogens with two attached hydrogens (primary N) is 1. The summed E-state index contributed by atoms with van der Waals surface area (Å²) >= 11 is 0. The smallest absolute Gasteiger partial charge is 0.472 e. The van der Waals surface area contributed by atoms with Crippen LogP contribution in [0.25, 0.3) is 0 Å². The van der Waals surface area contributed by atoms with Crippen molar-refractivity contribution in [2.24, 2.45) is 5.73 Å². The minimum Gasteiger partial charge on any atom is -0.480 e. The number of hydrogen-bond donors (Lipinski definition) is 3. The summed E-state index contributed by atoms with van der Waals surface area (Å²) in [6.07, 6.45) is 37.0. The molecule has 3 atom stereocenters. The van der Waals surface area contributed by atoms with Gasteiger partial charge in [-0.15, -0.1) is 0 Å². The average Bonchev–Trinajstić information content (AvgIpc) is 3.14. The molecule has 0 saturated carbocycles. The van der Waals surface area contributed by atoms with Crippen molar-refractivity contribution in [2.75, 3.05) is 19.8 Å². The molecule has 318 valence electrons. The summed E-state index contributed by atoms with van der Waals surface area (Å²) < 4.78 is 32.7. The summed E-state index contributed by atoms with van der Waals surface area (Å²) in [5, 5.41) is 8.88. The summed E-state index contributed by atoms with van der Waals surface area (Å²) in [6, 6.07) is -1.52. The number of phosphoric acid groups is 1. The van der Waals surface area contributed by atoms with Crippen molar-refractivity contribution in [3.63, 3.8) is 0 Å². The topological polar surface area (TPSA) is 172 Å². The first-order chi connectivity index (χ1) is 26.1. The predicted octanol–water partition coefficient (Wildman–Crippen LogP) is 11.3. The number of carbonyl (C=O) groups is 3. The quantitative estimate of drug-likeness (QED) is 0.0233. The van der Waals surface area contributed by atoms with Gasteiger partial charge in [0, 0.05) is 12.8 Å². The van der Waals surface area contributed by atoms with Crippen molar-refractivity contribution in [1.29, 1.82) is 0 Å². The SMILES string of the molecule is CCCCCCC/C=C/CCCCCCCC(=O)OC[C@H](COP(=O)(O)OC[C@H](N)C(=O)O)OC(=O)CCCCCCCCCCCCCCCCCC. The molecule has 0 fully saturated rings. The van der Waals surface area contributed by atoms with Crippen molar-refractivity contribution in [2.45, 2.75) is 219 Å². The summed E-state index contributed by atoms with van der Waals surface area (Å²) in [5.74, 6) is -2.38. The van der Waals surface area contributed by atoms with Crippen LogP contribution in [0.2, 0.25) is 0 Å². The molecule has 12 heteroatoms. The number of esters is 2. The number of carbonyl (C=O) groups excluding carboxylic acids is 2. The van der Waals surface area contributed by atoms with Gasteiger partial charge in [0.2, 0.25) is 0 Å². The summed E-state index contributed by atoms with van der Waals surface area (Å²) in [4.78, 5) is 45.9. The van der Waals surface area contributed by atoms with E-state index in [9.17, 15) is 23.8 Å². The van der Waals surface area contributed by atoms with Gasteiger partial charge in [0.05, 0.1) is 13.2 Å². The minimum absolute atomic E-state index is 0.165. The number of unbranched alkanes of at least 4 members (excludes halogenated alkanes) is 25. The van der Waals surface area contributed by atoms with Crippen LogP contribution in [0.3, 0.4) is 0 Å². The highest BCUT2D eigenvalue weighted by molar-refractivity contribution is 7.47. The van der Waals surface area contributed by atoms with E-state index in [2.05, 4.69) is 30.5 Å². The predicted molar refractivity (Wildman–Crippen MR) is 217 cm³/mol. The number of phosphoric ester groups is 1. The van der Waals surface area contributed by atoms with Gasteiger partial charge in [-0.1, -0.05) is 167 Å². The van der Waals surface area contributed by atoms with Gasteiger partial charge in [-0.05, 0) is 38.5 Å². The molecule has 0 radical (unpaired) electrons. The highest BCUT2D eigenvalue weighted by Crippen LogP contribution is 2.43. The normalized spacial score (nSPS) is 13.9. The Morgan fingerprint density at radius 2 is 0.926 bits per heavy atom. The van der Waals surface area contributed by atoms with E-state index in [0.717, 1.165) is 57.8 Å². The molecule has 0 aromatic heterocycles. The van der Waals surface area contributed by atoms with Crippen LogP contribution in [0.5, 0.6) is 0 Å². The van der Waals surface area contributed by atoms with Crippen LogP contribution in [-0.2, 0) is 37.5 Å². The lowest BCUT2D eigenvalue weighted by Gasteiger charge is -2.20. The van der Waals surface area contributed by atoms with E-state index < -0.39 is 51.1 Å². The molecule has 4 N–H and O–H groups in total. The van der Waals surface area contributed by atoms with E-state index in [4.69, 9.17) is 24.8 Å². The molecule has 0 aromatic carbocycles. The van der Waals surface area contributed by atoms with Crippen molar-refractivity contribution < 1.29 is 47.5 Å². The van der Waals surface area contributed by atoms with E-state index in [1.165, 1.54) is 109 Å². The molecule has 1 unspecified atom stereocenters. The summed E-state index contributed by atoms with van der Waals surface area (Å²) in [5.41, 5.74) is 5.33. The molecule has 0 aliphatic rings. The first kappa shape index (κ1) is 52.2. The maximum atomic E-state index is 12.6. The monoisotopic (exact) mass is 790 g/mol. The number of carboxylic acid groups (broad SMARTS) is 1. The van der Waals surface area contributed by atoms with E-state index in [1.807, 2.05) is 0 Å². The van der Waals surface area contributed by atoms with Gasteiger partial charge in [0.1, 0.15) is 12.6 Å². The van der Waals surface area contributed by atoms with Crippen LogP contribution in [0, 0.1) is 0 Å². The first-order valence-electron chi connectivity index (χ1n) is 21.7. The van der Waals surface area contributed by atoms with Crippen molar-refractivity contribution in [3.05, 3.63) is 12.2 Å². The maximum absolute atomic E-state index is 12.6. The molecule has 0 amide bonds. The third-order valence-corrected chi connectivity index (χ3v) is 10.5. The van der Waals surface area contributed by atoms with Crippen LogP contribution < -0.4 is 5.73 Å². The van der Waals surface area contributed by atoms with Gasteiger partial charge in [-0.25, -0.2) is 4.57 Å². The molecular weight excluding hydrogens is 709 g/mol. The number of rotatable bonds is 41. The fraction of sp³-hybridized carbons (Fsp3) is 0.881. The molecule has 54 heavy (non-hydrogen) atoms. The fourth-order valence-corrected chi connectivity index (χ4v) is 6.84. The number of hydrogen-bond acceptors (Lipinski definition) is 9. The molecule has 0 bridgehead atoms. The Bertz CT molecular complexity index is 979. The second-order valence-corrected chi connectivity index (χ2v) is 16.3. The van der Waals surface area contributed by atoms with E-state index >= 15 is 0 Å². The molecular formula is C42H80NO10P. The zero-order chi connectivity index (χ0) is 40.0. The lowest BCUT2D eigenvalue weighted by molar-refractivity contribution is -0.161. The molecule has 0 spiro atoms. The van der Waals surface area contributed by atoms with Gasteiger partial charge >= 0.3 is 25.7 Å². The van der Waals surface area contributed by atoms with Crippen molar-refractivity contribution in [3.8, 4) is 0 Å². The Labute approximate surface area is 328 Å².